The molecule has 0 aromatic rings. The summed E-state index contributed by atoms with van der Waals surface area (Å²) in [4.78, 5) is 22.8. The number of amides is 1. The van der Waals surface area contributed by atoms with E-state index >= 15 is 0 Å². The van der Waals surface area contributed by atoms with Crippen molar-refractivity contribution in [3.05, 3.63) is 12.2 Å². The molecule has 0 bridgehead atoms. The highest BCUT2D eigenvalue weighted by Crippen LogP contribution is 2.15. The van der Waals surface area contributed by atoms with Crippen molar-refractivity contribution in [2.75, 3.05) is 13.2 Å². The second-order valence-corrected chi connectivity index (χ2v) is 6.14. The molecule has 0 aromatic heterocycles. The van der Waals surface area contributed by atoms with Gasteiger partial charge < -0.3 is 15.8 Å². The molecule has 1 atom stereocenters. The highest BCUT2D eigenvalue weighted by molar-refractivity contribution is 5.81. The zero-order chi connectivity index (χ0) is 16.3. The molecular formula is C16H30N2O3. The van der Waals surface area contributed by atoms with Gasteiger partial charge in [-0.2, -0.15) is 0 Å². The van der Waals surface area contributed by atoms with E-state index in [0.717, 1.165) is 25.8 Å². The molecule has 0 heterocycles. The fraction of sp³-hybridized carbons (Fsp3) is 0.750. The van der Waals surface area contributed by atoms with Crippen molar-refractivity contribution in [2.45, 2.75) is 59.4 Å². The lowest BCUT2D eigenvalue weighted by molar-refractivity contribution is -0.152. The smallest absolute Gasteiger partial charge is 0.311 e. The van der Waals surface area contributed by atoms with E-state index in [-0.39, 0.29) is 5.97 Å². The van der Waals surface area contributed by atoms with Gasteiger partial charge in [0.25, 0.3) is 0 Å². The first-order valence-corrected chi connectivity index (χ1v) is 7.65. The number of ether oxygens (including phenoxy) is 1. The van der Waals surface area contributed by atoms with Gasteiger partial charge in [-0.3, -0.25) is 9.59 Å². The lowest BCUT2D eigenvalue weighted by Gasteiger charge is -2.16. The Kier molecular flexibility index (Phi) is 9.71. The third kappa shape index (κ3) is 10.1. The van der Waals surface area contributed by atoms with Gasteiger partial charge in [0, 0.05) is 0 Å². The van der Waals surface area contributed by atoms with Crippen LogP contribution < -0.4 is 11.1 Å². The van der Waals surface area contributed by atoms with Gasteiger partial charge in [-0.15, -0.1) is 0 Å². The molecule has 0 radical (unpaired) electrons. The van der Waals surface area contributed by atoms with Crippen LogP contribution in [0.3, 0.4) is 0 Å². The van der Waals surface area contributed by atoms with Crippen LogP contribution in [0.5, 0.6) is 0 Å². The topological polar surface area (TPSA) is 81.4 Å². The maximum Gasteiger partial charge on any atom is 0.311 e. The van der Waals surface area contributed by atoms with E-state index in [4.69, 9.17) is 10.5 Å². The minimum atomic E-state index is -0.486. The van der Waals surface area contributed by atoms with Crippen LogP contribution in [0.2, 0.25) is 0 Å². The van der Waals surface area contributed by atoms with Gasteiger partial charge in [-0.05, 0) is 40.2 Å². The van der Waals surface area contributed by atoms with Crippen molar-refractivity contribution in [3.63, 3.8) is 0 Å². The molecule has 0 aliphatic carbocycles. The monoisotopic (exact) mass is 298 g/mol. The second-order valence-electron chi connectivity index (χ2n) is 6.14. The summed E-state index contributed by atoms with van der Waals surface area (Å²) in [5.41, 5.74) is 4.85. The first kappa shape index (κ1) is 19.6. The Balaban J connectivity index is 4.00. The summed E-state index contributed by atoms with van der Waals surface area (Å²) in [7, 11) is 0. The van der Waals surface area contributed by atoms with Crippen molar-refractivity contribution in [1.29, 1.82) is 0 Å². The number of esters is 1. The van der Waals surface area contributed by atoms with Gasteiger partial charge >= 0.3 is 5.97 Å². The lowest BCUT2D eigenvalue weighted by Crippen LogP contribution is -2.40. The number of rotatable bonds is 10. The fourth-order valence-electron chi connectivity index (χ4n) is 1.56. The normalized spacial score (nSPS) is 13.3. The third-order valence-electron chi connectivity index (χ3n) is 2.91. The van der Waals surface area contributed by atoms with Gasteiger partial charge in [0.05, 0.1) is 12.0 Å². The van der Waals surface area contributed by atoms with Crippen LogP contribution >= 0.6 is 0 Å². The highest BCUT2D eigenvalue weighted by atomic mass is 16.5. The third-order valence-corrected chi connectivity index (χ3v) is 2.91. The van der Waals surface area contributed by atoms with Crippen LogP contribution in [0.4, 0.5) is 0 Å². The first-order chi connectivity index (χ1) is 9.79. The summed E-state index contributed by atoms with van der Waals surface area (Å²) in [6, 6.07) is -0.458. The Morgan fingerprint density at radius 2 is 1.95 bits per heavy atom. The molecule has 5 nitrogen and oxygen atoms in total. The van der Waals surface area contributed by atoms with Crippen LogP contribution in [0.15, 0.2) is 12.2 Å². The standard InChI is InChI=1S/C16H30N2O3/c1-5-6-8-11-18-13(14(17)19)10-7-9-12-21-15(20)16(2,3)4/h7,10,13,18H,5-6,8-9,11-12H2,1-4H3,(H2,17,19)/b10-7-. The zero-order valence-electron chi connectivity index (χ0n) is 13.8. The number of hydrogen-bond acceptors (Lipinski definition) is 4. The van der Waals surface area contributed by atoms with E-state index in [1.54, 1.807) is 6.08 Å². The Morgan fingerprint density at radius 1 is 1.29 bits per heavy atom. The summed E-state index contributed by atoms with van der Waals surface area (Å²) in [6.07, 6.45) is 7.42. The van der Waals surface area contributed by atoms with Crippen molar-refractivity contribution in [1.82, 2.24) is 5.32 Å². The van der Waals surface area contributed by atoms with Crippen LogP contribution in [0.1, 0.15) is 53.4 Å². The van der Waals surface area contributed by atoms with Gasteiger partial charge in [-0.1, -0.05) is 31.9 Å². The molecule has 0 aromatic carbocycles. The average Bonchev–Trinajstić information content (AvgIpc) is 2.39. The number of carbonyl (C=O) groups excluding carboxylic acids is 2. The van der Waals surface area contributed by atoms with E-state index in [9.17, 15) is 9.59 Å². The van der Waals surface area contributed by atoms with E-state index in [2.05, 4.69) is 12.2 Å². The van der Waals surface area contributed by atoms with Crippen LogP contribution in [-0.2, 0) is 14.3 Å². The molecule has 0 spiro atoms. The molecule has 0 saturated carbocycles. The SMILES string of the molecule is CCCCCNC(/C=C\CCOC(=O)C(C)(C)C)C(N)=O. The van der Waals surface area contributed by atoms with Crippen molar-refractivity contribution in [3.8, 4) is 0 Å². The predicted molar refractivity (Wildman–Crippen MR) is 84.7 cm³/mol. The largest absolute Gasteiger partial charge is 0.465 e. The Labute approximate surface area is 128 Å². The van der Waals surface area contributed by atoms with Gasteiger partial charge in [-0.25, -0.2) is 0 Å². The van der Waals surface area contributed by atoms with E-state index in [0.29, 0.717) is 13.0 Å². The Bertz CT molecular complexity index is 346. The fourth-order valence-corrected chi connectivity index (χ4v) is 1.56. The van der Waals surface area contributed by atoms with Crippen LogP contribution in [-0.4, -0.2) is 31.1 Å². The molecule has 0 aliphatic rings. The molecule has 0 aliphatic heterocycles. The van der Waals surface area contributed by atoms with E-state index in [1.807, 2.05) is 26.8 Å². The minimum Gasteiger partial charge on any atom is -0.465 e. The predicted octanol–water partition coefficient (Wildman–Crippen LogP) is 2.16. The van der Waals surface area contributed by atoms with Crippen molar-refractivity contribution in [2.24, 2.45) is 11.1 Å². The number of nitrogens with one attached hydrogen (secondary N) is 1. The molecule has 122 valence electrons. The Hall–Kier alpha value is -1.36. The molecule has 21 heavy (non-hydrogen) atoms. The number of primary amides is 1. The van der Waals surface area contributed by atoms with Crippen LogP contribution in [0, 0.1) is 5.41 Å². The number of unbranched alkanes of at least 4 members (excludes halogenated alkanes) is 2. The molecule has 1 unspecified atom stereocenters. The summed E-state index contributed by atoms with van der Waals surface area (Å²) in [5.74, 6) is -0.616. The molecule has 1 amide bonds. The quantitative estimate of drug-likeness (QED) is 0.368. The maximum atomic E-state index is 11.5. The molecular weight excluding hydrogens is 268 g/mol. The number of nitrogens with two attached hydrogens (primary N) is 1. The van der Waals surface area contributed by atoms with Crippen molar-refractivity contribution >= 4 is 11.9 Å². The average molecular weight is 298 g/mol. The first-order valence-electron chi connectivity index (χ1n) is 7.65. The number of hydrogen-bond donors (Lipinski definition) is 2. The molecule has 5 heteroatoms. The highest BCUT2D eigenvalue weighted by Gasteiger charge is 2.22. The van der Waals surface area contributed by atoms with Crippen LogP contribution in [0.25, 0.3) is 0 Å². The van der Waals surface area contributed by atoms with E-state index < -0.39 is 17.4 Å². The molecule has 3 N–H and O–H groups in total. The summed E-state index contributed by atoms with van der Waals surface area (Å²) < 4.78 is 5.14. The molecule has 0 rings (SSSR count). The molecule has 0 saturated heterocycles. The van der Waals surface area contributed by atoms with Gasteiger partial charge in [0.15, 0.2) is 0 Å². The second kappa shape index (κ2) is 10.4. The molecule has 0 fully saturated rings. The van der Waals surface area contributed by atoms with Gasteiger partial charge in [0.1, 0.15) is 6.04 Å². The van der Waals surface area contributed by atoms with E-state index in [1.165, 1.54) is 0 Å². The lowest BCUT2D eigenvalue weighted by atomic mass is 9.97. The summed E-state index contributed by atoms with van der Waals surface area (Å²) in [5, 5.41) is 3.11. The van der Waals surface area contributed by atoms with Gasteiger partial charge in [0.2, 0.25) is 5.91 Å². The summed E-state index contributed by atoms with van der Waals surface area (Å²) >= 11 is 0. The summed E-state index contributed by atoms with van der Waals surface area (Å²) in [6.45, 7) is 8.65. The van der Waals surface area contributed by atoms with Crippen molar-refractivity contribution < 1.29 is 14.3 Å². The minimum absolute atomic E-state index is 0.222. The number of carbonyl (C=O) groups is 2. The zero-order valence-corrected chi connectivity index (χ0v) is 13.8. The maximum absolute atomic E-state index is 11.5. The Morgan fingerprint density at radius 3 is 2.48 bits per heavy atom.